The summed E-state index contributed by atoms with van der Waals surface area (Å²) < 4.78 is 47.0. The van der Waals surface area contributed by atoms with E-state index >= 15 is 0 Å². The number of sulfone groups is 1. The van der Waals surface area contributed by atoms with Crippen molar-refractivity contribution in [3.8, 4) is 11.1 Å². The van der Waals surface area contributed by atoms with Crippen molar-refractivity contribution in [3.05, 3.63) is 64.5 Å². The molecule has 6 rings (SSSR count). The predicted molar refractivity (Wildman–Crippen MR) is 142 cm³/mol. The Labute approximate surface area is 224 Å². The topological polar surface area (TPSA) is 98.3 Å². The summed E-state index contributed by atoms with van der Waals surface area (Å²) in [7, 11) is -3.22. The first-order chi connectivity index (χ1) is 18.1. The van der Waals surface area contributed by atoms with Gasteiger partial charge in [-0.05, 0) is 69.0 Å². The first-order valence-corrected chi connectivity index (χ1v) is 14.8. The zero-order chi connectivity index (χ0) is 26.8. The molecular formula is C27H26ClFN4O4S. The highest BCUT2D eigenvalue weighted by Crippen LogP contribution is 2.41. The average Bonchev–Trinajstić information content (AvgIpc) is 3.54. The second-order valence-electron chi connectivity index (χ2n) is 10.1. The van der Waals surface area contributed by atoms with Crippen LogP contribution in [0.1, 0.15) is 55.0 Å². The molecule has 198 valence electrons. The molecule has 1 unspecified atom stereocenters. The third-order valence-corrected chi connectivity index (χ3v) is 9.64. The second-order valence-corrected chi connectivity index (χ2v) is 12.7. The second kappa shape index (κ2) is 9.20. The largest absolute Gasteiger partial charge is 0.361 e. The quantitative estimate of drug-likeness (QED) is 0.319. The SMILES string of the molecule is Cc1noc(C)c1-c1ccc2c(c1)nc([C@@H]1CCC(=O)N1c1ccc(Cl)c(F)c1)n2C1CCCS(=O)(=O)C1. The van der Waals surface area contributed by atoms with Crippen molar-refractivity contribution in [1.29, 1.82) is 0 Å². The number of hydrogen-bond donors (Lipinski definition) is 0. The predicted octanol–water partition coefficient (Wildman–Crippen LogP) is 5.72. The molecule has 0 spiro atoms. The van der Waals surface area contributed by atoms with Gasteiger partial charge in [-0.25, -0.2) is 17.8 Å². The molecular weight excluding hydrogens is 531 g/mol. The van der Waals surface area contributed by atoms with Gasteiger partial charge in [-0.15, -0.1) is 0 Å². The van der Waals surface area contributed by atoms with Gasteiger partial charge < -0.3 is 14.0 Å². The molecule has 38 heavy (non-hydrogen) atoms. The molecule has 8 nitrogen and oxygen atoms in total. The van der Waals surface area contributed by atoms with Crippen LogP contribution in [0, 0.1) is 19.7 Å². The van der Waals surface area contributed by atoms with Gasteiger partial charge in [-0.2, -0.15) is 0 Å². The van der Waals surface area contributed by atoms with E-state index in [1.165, 1.54) is 12.1 Å². The summed E-state index contributed by atoms with van der Waals surface area (Å²) >= 11 is 5.90. The average molecular weight is 557 g/mol. The van der Waals surface area contributed by atoms with Crippen molar-refractivity contribution in [1.82, 2.24) is 14.7 Å². The Kier molecular flexibility index (Phi) is 6.07. The Hall–Kier alpha value is -3.24. The number of anilines is 1. The number of aromatic nitrogens is 3. The Morgan fingerprint density at radius 3 is 2.66 bits per heavy atom. The standard InChI is InChI=1S/C27H26ClFN4O4S/c1-15-26(16(2)37-31-15)17-5-8-23-22(12-17)30-27(33(23)19-4-3-11-38(35,36)14-19)24-9-10-25(34)32(24)18-6-7-20(28)21(29)13-18/h5-8,12-13,19,24H,3-4,9-11,14H2,1-2H3/t19?,24-/m0/s1. The number of nitrogens with zero attached hydrogens (tertiary/aromatic N) is 4. The van der Waals surface area contributed by atoms with E-state index in [4.69, 9.17) is 21.1 Å². The first kappa shape index (κ1) is 25.1. The summed E-state index contributed by atoms with van der Waals surface area (Å²) in [6.45, 7) is 3.73. The van der Waals surface area contributed by atoms with Gasteiger partial charge in [0.15, 0.2) is 9.84 Å². The van der Waals surface area contributed by atoms with Crippen LogP contribution >= 0.6 is 11.6 Å². The molecule has 0 aliphatic carbocycles. The number of benzene rings is 2. The normalized spacial score (nSPS) is 21.5. The van der Waals surface area contributed by atoms with Crippen LogP contribution in [0.4, 0.5) is 10.1 Å². The van der Waals surface area contributed by atoms with E-state index in [1.54, 1.807) is 11.0 Å². The van der Waals surface area contributed by atoms with Gasteiger partial charge in [-0.3, -0.25) is 4.79 Å². The molecule has 0 bridgehead atoms. The van der Waals surface area contributed by atoms with Crippen LogP contribution in [0.25, 0.3) is 22.2 Å². The maximum atomic E-state index is 14.4. The number of fused-ring (bicyclic) bond motifs is 1. The maximum Gasteiger partial charge on any atom is 0.227 e. The molecule has 4 heterocycles. The van der Waals surface area contributed by atoms with Crippen LogP contribution in [0.5, 0.6) is 0 Å². The van der Waals surface area contributed by atoms with Gasteiger partial charge in [0.1, 0.15) is 17.4 Å². The smallest absolute Gasteiger partial charge is 0.227 e. The molecule has 2 aromatic carbocycles. The van der Waals surface area contributed by atoms with Crippen molar-refractivity contribution in [2.45, 2.75) is 51.6 Å². The lowest BCUT2D eigenvalue weighted by molar-refractivity contribution is -0.117. The Morgan fingerprint density at radius 1 is 1.13 bits per heavy atom. The van der Waals surface area contributed by atoms with Gasteiger partial charge in [0, 0.05) is 23.7 Å². The van der Waals surface area contributed by atoms with Crippen molar-refractivity contribution < 1.29 is 22.1 Å². The van der Waals surface area contributed by atoms with Crippen molar-refractivity contribution in [2.75, 3.05) is 16.4 Å². The molecule has 2 aliphatic rings. The van der Waals surface area contributed by atoms with Gasteiger partial charge in [0.25, 0.3) is 0 Å². The molecule has 2 fully saturated rings. The fourth-order valence-electron chi connectivity index (χ4n) is 5.88. The molecule has 2 aliphatic heterocycles. The summed E-state index contributed by atoms with van der Waals surface area (Å²) in [4.78, 5) is 19.6. The molecule has 4 aromatic rings. The molecule has 2 saturated heterocycles. The first-order valence-electron chi connectivity index (χ1n) is 12.6. The zero-order valence-corrected chi connectivity index (χ0v) is 22.5. The lowest BCUT2D eigenvalue weighted by atomic mass is 10.0. The molecule has 0 radical (unpaired) electrons. The third-order valence-electron chi connectivity index (χ3n) is 7.53. The van der Waals surface area contributed by atoms with Gasteiger partial charge in [0.2, 0.25) is 5.91 Å². The Bertz CT molecular complexity index is 1680. The summed E-state index contributed by atoms with van der Waals surface area (Å²) in [6.07, 6.45) is 1.98. The lowest BCUT2D eigenvalue weighted by Gasteiger charge is -2.30. The van der Waals surface area contributed by atoms with E-state index < -0.39 is 21.7 Å². The summed E-state index contributed by atoms with van der Waals surface area (Å²) in [5.74, 6) is 0.700. The fraction of sp³-hybridized carbons (Fsp3) is 0.370. The van der Waals surface area contributed by atoms with E-state index in [-0.39, 0.29) is 34.9 Å². The molecule has 0 N–H and O–H groups in total. The minimum Gasteiger partial charge on any atom is -0.361 e. The van der Waals surface area contributed by atoms with Crippen LogP contribution in [-0.2, 0) is 14.6 Å². The minimum atomic E-state index is -3.22. The van der Waals surface area contributed by atoms with Gasteiger partial charge in [0.05, 0.1) is 39.3 Å². The lowest BCUT2D eigenvalue weighted by Crippen LogP contribution is -2.33. The minimum absolute atomic E-state index is 0.00726. The summed E-state index contributed by atoms with van der Waals surface area (Å²) in [5.41, 5.74) is 4.40. The Balaban J connectivity index is 1.53. The van der Waals surface area contributed by atoms with Crippen LogP contribution < -0.4 is 4.90 Å². The number of amides is 1. The number of carbonyl (C=O) groups is 1. The molecule has 1 amide bonds. The van der Waals surface area contributed by atoms with Crippen molar-refractivity contribution >= 4 is 44.1 Å². The summed E-state index contributed by atoms with van der Waals surface area (Å²) in [6, 6.07) is 9.35. The van der Waals surface area contributed by atoms with Crippen LogP contribution in [0.3, 0.4) is 0 Å². The van der Waals surface area contributed by atoms with E-state index in [0.29, 0.717) is 42.1 Å². The summed E-state index contributed by atoms with van der Waals surface area (Å²) in [5, 5.41) is 4.04. The maximum absolute atomic E-state index is 14.4. The van der Waals surface area contributed by atoms with E-state index in [0.717, 1.165) is 22.3 Å². The number of carbonyl (C=O) groups excluding carboxylic acids is 1. The molecule has 2 aromatic heterocycles. The fourth-order valence-corrected chi connectivity index (χ4v) is 7.67. The molecule has 11 heteroatoms. The number of aryl methyl sites for hydroxylation is 2. The van der Waals surface area contributed by atoms with Crippen molar-refractivity contribution in [2.24, 2.45) is 0 Å². The number of imidazole rings is 1. The van der Waals surface area contributed by atoms with Crippen LogP contribution in [0.2, 0.25) is 5.02 Å². The highest BCUT2D eigenvalue weighted by molar-refractivity contribution is 7.91. The van der Waals surface area contributed by atoms with Crippen LogP contribution in [0.15, 0.2) is 40.9 Å². The monoisotopic (exact) mass is 556 g/mol. The van der Waals surface area contributed by atoms with Gasteiger partial charge in [-0.1, -0.05) is 22.8 Å². The molecule has 2 atom stereocenters. The van der Waals surface area contributed by atoms with Crippen molar-refractivity contribution in [3.63, 3.8) is 0 Å². The number of hydrogen-bond acceptors (Lipinski definition) is 6. The highest BCUT2D eigenvalue weighted by atomic mass is 35.5. The van der Waals surface area contributed by atoms with E-state index in [9.17, 15) is 17.6 Å². The van der Waals surface area contributed by atoms with Crippen LogP contribution in [-0.4, -0.2) is 40.5 Å². The third kappa shape index (κ3) is 4.19. The zero-order valence-electron chi connectivity index (χ0n) is 20.9. The van der Waals surface area contributed by atoms with E-state index in [2.05, 4.69) is 5.16 Å². The Morgan fingerprint density at radius 2 is 1.95 bits per heavy atom. The number of halogens is 2. The molecule has 0 saturated carbocycles. The number of rotatable bonds is 4. The highest BCUT2D eigenvalue weighted by Gasteiger charge is 2.39. The van der Waals surface area contributed by atoms with E-state index in [1.807, 2.05) is 36.6 Å². The van der Waals surface area contributed by atoms with Gasteiger partial charge >= 0.3 is 0 Å².